The molecule has 0 bridgehead atoms. The number of benzene rings is 3. The monoisotopic (exact) mass is 451 g/mol. The van der Waals surface area contributed by atoms with Crippen molar-refractivity contribution < 1.29 is 9.53 Å². The van der Waals surface area contributed by atoms with Gasteiger partial charge in [0.05, 0.1) is 18.2 Å². The van der Waals surface area contributed by atoms with Crippen molar-refractivity contribution in [3.63, 3.8) is 0 Å². The summed E-state index contributed by atoms with van der Waals surface area (Å²) in [7, 11) is 0. The summed E-state index contributed by atoms with van der Waals surface area (Å²) in [4.78, 5) is 15.6. The smallest absolute Gasteiger partial charge is 0.334 e. The summed E-state index contributed by atoms with van der Waals surface area (Å²) in [5.74, 6) is -0.974. The number of carbonyl (C=O) groups is 1. The Balaban J connectivity index is 1.70. The van der Waals surface area contributed by atoms with Crippen LogP contribution in [0.4, 0.5) is 5.69 Å². The summed E-state index contributed by atoms with van der Waals surface area (Å²) in [6.45, 7) is 0. The summed E-state index contributed by atoms with van der Waals surface area (Å²) in [6.07, 6.45) is 3.75. The topological polar surface area (TPSA) is 77.1 Å². The van der Waals surface area contributed by atoms with E-state index in [1.54, 1.807) is 24.3 Å². The predicted octanol–water partition coefficient (Wildman–Crippen LogP) is 5.35. The minimum Gasteiger partial charge on any atom is -0.425 e. The summed E-state index contributed by atoms with van der Waals surface area (Å²) in [6, 6.07) is 26.5. The number of hydrogen-bond donors (Lipinski definition) is 0. The molecule has 160 valence electrons. The molecule has 2 aliphatic rings. The number of halogens is 1. The first-order valence-electron chi connectivity index (χ1n) is 10.5. The SMILES string of the molecule is N#CC1(C#N)[C@@H](c2ccccc2)[C@H](C(=O)Oc2cccc(Cl)c2)N2c3ccccc3C=C[C@@H]21. The maximum absolute atomic E-state index is 13.7. The van der Waals surface area contributed by atoms with E-state index in [2.05, 4.69) is 12.1 Å². The van der Waals surface area contributed by atoms with Gasteiger partial charge in [0.25, 0.3) is 0 Å². The molecule has 3 atom stereocenters. The second-order valence-corrected chi connectivity index (χ2v) is 8.51. The number of nitrogens with zero attached hydrogens (tertiary/aromatic N) is 3. The highest BCUT2D eigenvalue weighted by atomic mass is 35.5. The highest BCUT2D eigenvalue weighted by Crippen LogP contribution is 2.55. The molecule has 0 aliphatic carbocycles. The number of esters is 1. The molecule has 0 N–H and O–H groups in total. The summed E-state index contributed by atoms with van der Waals surface area (Å²) >= 11 is 6.08. The van der Waals surface area contributed by atoms with E-state index >= 15 is 0 Å². The number of nitriles is 2. The number of fused-ring (bicyclic) bond motifs is 3. The van der Waals surface area contributed by atoms with Crippen molar-refractivity contribution in [3.8, 4) is 17.9 Å². The van der Waals surface area contributed by atoms with Crippen LogP contribution in [0.3, 0.4) is 0 Å². The van der Waals surface area contributed by atoms with Crippen LogP contribution >= 0.6 is 11.6 Å². The second-order valence-electron chi connectivity index (χ2n) is 8.07. The third-order valence-electron chi connectivity index (χ3n) is 6.33. The van der Waals surface area contributed by atoms with E-state index in [9.17, 15) is 15.3 Å². The van der Waals surface area contributed by atoms with Crippen molar-refractivity contribution >= 4 is 29.3 Å². The molecule has 6 heteroatoms. The van der Waals surface area contributed by atoms with E-state index in [1.807, 2.05) is 71.6 Å². The zero-order valence-corrected chi connectivity index (χ0v) is 18.2. The van der Waals surface area contributed by atoms with E-state index in [0.717, 1.165) is 16.8 Å². The molecule has 2 aliphatic heterocycles. The van der Waals surface area contributed by atoms with Crippen LogP contribution in [0, 0.1) is 28.1 Å². The van der Waals surface area contributed by atoms with Crippen molar-refractivity contribution in [1.82, 2.24) is 0 Å². The number of para-hydroxylation sites is 1. The first-order valence-corrected chi connectivity index (χ1v) is 10.9. The maximum Gasteiger partial charge on any atom is 0.334 e. The van der Waals surface area contributed by atoms with Crippen LogP contribution in [0.5, 0.6) is 5.75 Å². The van der Waals surface area contributed by atoms with E-state index in [0.29, 0.717) is 10.8 Å². The Morgan fingerprint density at radius 3 is 2.42 bits per heavy atom. The van der Waals surface area contributed by atoms with Gasteiger partial charge in [-0.3, -0.25) is 0 Å². The standard InChI is InChI=1S/C27H18ClN3O2/c28-20-10-6-11-21(15-20)33-26(32)25-24(19-8-2-1-3-9-19)27(16-29,17-30)23-14-13-18-7-4-5-12-22(18)31(23)25/h1-15,23-25H/t23-,24+,25-/m1/s1. The van der Waals surface area contributed by atoms with Crippen molar-refractivity contribution in [2.24, 2.45) is 5.41 Å². The lowest BCUT2D eigenvalue weighted by Crippen LogP contribution is -2.45. The lowest BCUT2D eigenvalue weighted by atomic mass is 9.70. The Bertz CT molecular complexity index is 1330. The van der Waals surface area contributed by atoms with Gasteiger partial charge in [-0.1, -0.05) is 78.4 Å². The van der Waals surface area contributed by atoms with Crippen LogP contribution < -0.4 is 9.64 Å². The first-order chi connectivity index (χ1) is 16.1. The molecule has 0 saturated carbocycles. The minimum absolute atomic E-state index is 0.308. The maximum atomic E-state index is 13.7. The Hall–Kier alpha value is -4.06. The molecule has 1 saturated heterocycles. The van der Waals surface area contributed by atoms with Crippen LogP contribution in [-0.4, -0.2) is 18.1 Å². The highest BCUT2D eigenvalue weighted by Gasteiger charge is 2.64. The van der Waals surface area contributed by atoms with Gasteiger partial charge < -0.3 is 9.64 Å². The van der Waals surface area contributed by atoms with E-state index in [1.165, 1.54) is 0 Å². The molecule has 0 spiro atoms. The third-order valence-corrected chi connectivity index (χ3v) is 6.57. The van der Waals surface area contributed by atoms with Crippen molar-refractivity contribution in [2.75, 3.05) is 4.90 Å². The lowest BCUT2D eigenvalue weighted by molar-refractivity contribution is -0.136. The van der Waals surface area contributed by atoms with Gasteiger partial charge >= 0.3 is 5.97 Å². The van der Waals surface area contributed by atoms with Crippen molar-refractivity contribution in [2.45, 2.75) is 18.0 Å². The Morgan fingerprint density at radius 2 is 1.70 bits per heavy atom. The van der Waals surface area contributed by atoms with Crippen molar-refractivity contribution in [3.05, 3.63) is 101 Å². The van der Waals surface area contributed by atoms with Crippen LogP contribution in [0.2, 0.25) is 5.02 Å². The van der Waals surface area contributed by atoms with E-state index in [4.69, 9.17) is 16.3 Å². The summed E-state index contributed by atoms with van der Waals surface area (Å²) < 4.78 is 5.77. The van der Waals surface area contributed by atoms with Crippen LogP contribution in [-0.2, 0) is 4.79 Å². The zero-order chi connectivity index (χ0) is 23.0. The number of ether oxygens (including phenoxy) is 1. The normalized spacial score (nSPS) is 21.9. The molecular formula is C27H18ClN3O2. The predicted molar refractivity (Wildman–Crippen MR) is 125 cm³/mol. The fourth-order valence-corrected chi connectivity index (χ4v) is 5.13. The molecular weight excluding hydrogens is 434 g/mol. The molecule has 2 heterocycles. The summed E-state index contributed by atoms with van der Waals surface area (Å²) in [5, 5.41) is 21.2. The van der Waals surface area contributed by atoms with Gasteiger partial charge in [-0.2, -0.15) is 10.5 Å². The molecule has 5 rings (SSSR count). The van der Waals surface area contributed by atoms with Gasteiger partial charge in [-0.15, -0.1) is 0 Å². The van der Waals surface area contributed by atoms with Gasteiger partial charge in [0.1, 0.15) is 11.8 Å². The van der Waals surface area contributed by atoms with Crippen LogP contribution in [0.15, 0.2) is 84.9 Å². The van der Waals surface area contributed by atoms with Gasteiger partial charge in [0.15, 0.2) is 5.41 Å². The Morgan fingerprint density at radius 1 is 0.970 bits per heavy atom. The zero-order valence-electron chi connectivity index (χ0n) is 17.4. The highest BCUT2D eigenvalue weighted by molar-refractivity contribution is 6.30. The number of anilines is 1. The van der Waals surface area contributed by atoms with E-state index < -0.39 is 29.4 Å². The molecule has 0 aromatic heterocycles. The number of carbonyl (C=O) groups excluding carboxylic acids is 1. The second kappa shape index (κ2) is 8.13. The fraction of sp³-hybridized carbons (Fsp3) is 0.148. The fourth-order valence-electron chi connectivity index (χ4n) is 4.95. The molecule has 0 unspecified atom stereocenters. The molecule has 3 aromatic rings. The Labute approximate surface area is 196 Å². The van der Waals surface area contributed by atoms with Gasteiger partial charge in [-0.05, 0) is 35.4 Å². The van der Waals surface area contributed by atoms with Gasteiger partial charge in [0, 0.05) is 16.6 Å². The first kappa shape index (κ1) is 20.8. The van der Waals surface area contributed by atoms with Gasteiger partial charge in [-0.25, -0.2) is 4.79 Å². The number of hydrogen-bond acceptors (Lipinski definition) is 5. The number of rotatable bonds is 3. The molecule has 0 radical (unpaired) electrons. The van der Waals surface area contributed by atoms with Crippen molar-refractivity contribution in [1.29, 1.82) is 10.5 Å². The van der Waals surface area contributed by atoms with E-state index in [-0.39, 0.29) is 0 Å². The molecule has 5 nitrogen and oxygen atoms in total. The molecule has 1 fully saturated rings. The van der Waals surface area contributed by atoms with Gasteiger partial charge in [0.2, 0.25) is 0 Å². The summed E-state index contributed by atoms with van der Waals surface area (Å²) in [5.41, 5.74) is 0.928. The van der Waals surface area contributed by atoms with Crippen LogP contribution in [0.1, 0.15) is 17.0 Å². The van der Waals surface area contributed by atoms with Crippen LogP contribution in [0.25, 0.3) is 6.08 Å². The largest absolute Gasteiger partial charge is 0.425 e. The molecule has 0 amide bonds. The lowest BCUT2D eigenvalue weighted by Gasteiger charge is -2.35. The third kappa shape index (κ3) is 3.26. The quantitative estimate of drug-likeness (QED) is 0.396. The Kier molecular flexibility index (Phi) is 5.13. The molecule has 3 aromatic carbocycles. The minimum atomic E-state index is -1.50. The molecule has 33 heavy (non-hydrogen) atoms. The average molecular weight is 452 g/mol. The average Bonchev–Trinajstić information content (AvgIpc) is 3.16.